The summed E-state index contributed by atoms with van der Waals surface area (Å²) in [4.78, 5) is 16.9. The van der Waals surface area contributed by atoms with Crippen molar-refractivity contribution in [2.45, 2.75) is 25.8 Å². The third kappa shape index (κ3) is 2.56. The van der Waals surface area contributed by atoms with E-state index in [1.54, 1.807) is 0 Å². The van der Waals surface area contributed by atoms with Gasteiger partial charge >= 0.3 is 5.97 Å². The molecule has 6 heteroatoms. The lowest BCUT2D eigenvalue weighted by Gasteiger charge is -2.37. The average Bonchev–Trinajstić information content (AvgIpc) is 2.30. The average molecular weight is 273 g/mol. The van der Waals surface area contributed by atoms with Crippen LogP contribution in [-0.2, 0) is 4.79 Å². The number of aliphatic carboxylic acids is 1. The molecule has 1 fully saturated rings. The standard InChI is InChI=1S/C12H14ClFN2O2/c1-7-4-8(12(17)18)2-3-16(7)11-10(13)5-9(14)6-15-11/h5-8H,2-4H2,1H3,(H,17,18)/t7-,8-/m1/s1. The fourth-order valence-corrected chi connectivity index (χ4v) is 2.59. The highest BCUT2D eigenvalue weighted by Gasteiger charge is 2.31. The van der Waals surface area contributed by atoms with Crippen molar-refractivity contribution < 1.29 is 14.3 Å². The van der Waals surface area contributed by atoms with E-state index in [0.717, 1.165) is 6.20 Å². The number of carboxylic acid groups (broad SMARTS) is 1. The van der Waals surface area contributed by atoms with Gasteiger partial charge in [-0.3, -0.25) is 4.79 Å². The van der Waals surface area contributed by atoms with Gasteiger partial charge in [0.15, 0.2) is 0 Å². The number of anilines is 1. The van der Waals surface area contributed by atoms with Gasteiger partial charge in [0.2, 0.25) is 0 Å². The zero-order valence-electron chi connectivity index (χ0n) is 9.94. The monoisotopic (exact) mass is 272 g/mol. The first-order chi connectivity index (χ1) is 8.49. The van der Waals surface area contributed by atoms with E-state index in [1.807, 2.05) is 11.8 Å². The number of aromatic nitrogens is 1. The van der Waals surface area contributed by atoms with Crippen molar-refractivity contribution in [3.63, 3.8) is 0 Å². The Balaban J connectivity index is 2.17. The quantitative estimate of drug-likeness (QED) is 0.899. The Hall–Kier alpha value is -1.36. The molecule has 0 saturated carbocycles. The lowest BCUT2D eigenvalue weighted by atomic mass is 9.92. The first kappa shape index (κ1) is 13.1. The number of piperidine rings is 1. The number of halogens is 2. The van der Waals surface area contributed by atoms with Gasteiger partial charge in [0.25, 0.3) is 0 Å². The minimum absolute atomic E-state index is 0.0234. The Kier molecular flexibility index (Phi) is 3.71. The fourth-order valence-electron chi connectivity index (χ4n) is 2.33. The van der Waals surface area contributed by atoms with Crippen LogP contribution < -0.4 is 4.90 Å². The molecule has 1 aliphatic rings. The van der Waals surface area contributed by atoms with E-state index < -0.39 is 11.8 Å². The van der Waals surface area contributed by atoms with Gasteiger partial charge in [0.05, 0.1) is 17.1 Å². The highest BCUT2D eigenvalue weighted by atomic mass is 35.5. The third-order valence-electron chi connectivity index (χ3n) is 3.29. The van der Waals surface area contributed by atoms with E-state index in [4.69, 9.17) is 16.7 Å². The lowest BCUT2D eigenvalue weighted by Crippen LogP contribution is -2.43. The van der Waals surface area contributed by atoms with Gasteiger partial charge in [-0.15, -0.1) is 0 Å². The molecule has 18 heavy (non-hydrogen) atoms. The summed E-state index contributed by atoms with van der Waals surface area (Å²) in [7, 11) is 0. The van der Waals surface area contributed by atoms with Crippen LogP contribution in [0.1, 0.15) is 19.8 Å². The van der Waals surface area contributed by atoms with Crippen LogP contribution in [0.3, 0.4) is 0 Å². The number of nitrogens with zero attached hydrogens (tertiary/aromatic N) is 2. The maximum Gasteiger partial charge on any atom is 0.306 e. The second kappa shape index (κ2) is 5.10. The third-order valence-corrected chi connectivity index (χ3v) is 3.56. The lowest BCUT2D eigenvalue weighted by molar-refractivity contribution is -0.142. The number of hydrogen-bond donors (Lipinski definition) is 1. The van der Waals surface area contributed by atoms with Gasteiger partial charge in [-0.1, -0.05) is 11.6 Å². The number of rotatable bonds is 2. The molecule has 0 radical (unpaired) electrons. The molecule has 1 aromatic rings. The van der Waals surface area contributed by atoms with Crippen LogP contribution in [0.2, 0.25) is 5.02 Å². The smallest absolute Gasteiger partial charge is 0.306 e. The summed E-state index contributed by atoms with van der Waals surface area (Å²) < 4.78 is 12.9. The Morgan fingerprint density at radius 2 is 2.39 bits per heavy atom. The molecule has 4 nitrogen and oxygen atoms in total. The SMILES string of the molecule is C[C@@H]1C[C@H](C(=O)O)CCN1c1ncc(F)cc1Cl. The van der Waals surface area contributed by atoms with Crippen LogP contribution in [0, 0.1) is 11.7 Å². The van der Waals surface area contributed by atoms with Crippen LogP contribution >= 0.6 is 11.6 Å². The van der Waals surface area contributed by atoms with Crippen LogP contribution in [0.15, 0.2) is 12.3 Å². The maximum absolute atomic E-state index is 12.9. The molecule has 1 saturated heterocycles. The molecule has 2 heterocycles. The first-order valence-corrected chi connectivity index (χ1v) is 6.17. The summed E-state index contributed by atoms with van der Waals surface area (Å²) in [5, 5.41) is 9.25. The predicted octanol–water partition coefficient (Wildman–Crippen LogP) is 2.56. The number of carboxylic acids is 1. The number of hydrogen-bond acceptors (Lipinski definition) is 3. The van der Waals surface area contributed by atoms with Crippen LogP contribution in [0.5, 0.6) is 0 Å². The molecular weight excluding hydrogens is 259 g/mol. The molecule has 0 amide bonds. The molecular formula is C12H14ClFN2O2. The second-order valence-electron chi connectivity index (χ2n) is 4.56. The molecule has 98 valence electrons. The first-order valence-electron chi connectivity index (χ1n) is 5.79. The summed E-state index contributed by atoms with van der Waals surface area (Å²) >= 11 is 5.97. The van der Waals surface area contributed by atoms with Crippen LogP contribution in [0.4, 0.5) is 10.2 Å². The van der Waals surface area contributed by atoms with Crippen molar-refractivity contribution in [3.05, 3.63) is 23.1 Å². The van der Waals surface area contributed by atoms with Crippen molar-refractivity contribution in [3.8, 4) is 0 Å². The maximum atomic E-state index is 12.9. The van der Waals surface area contributed by atoms with E-state index in [-0.39, 0.29) is 17.0 Å². The van der Waals surface area contributed by atoms with E-state index in [0.29, 0.717) is 25.2 Å². The molecule has 0 aliphatic carbocycles. The Morgan fingerprint density at radius 3 is 2.94 bits per heavy atom. The normalized spacial score (nSPS) is 24.1. The fraction of sp³-hybridized carbons (Fsp3) is 0.500. The summed E-state index contributed by atoms with van der Waals surface area (Å²) in [5.41, 5.74) is 0. The zero-order valence-corrected chi connectivity index (χ0v) is 10.7. The largest absolute Gasteiger partial charge is 0.481 e. The number of carbonyl (C=O) groups is 1. The van der Waals surface area contributed by atoms with E-state index >= 15 is 0 Å². The van der Waals surface area contributed by atoms with Crippen molar-refractivity contribution >= 4 is 23.4 Å². The molecule has 0 unspecified atom stereocenters. The van der Waals surface area contributed by atoms with Gasteiger partial charge in [-0.2, -0.15) is 0 Å². The number of pyridine rings is 1. The Labute approximate surface area is 109 Å². The van der Waals surface area contributed by atoms with Crippen molar-refractivity contribution in [1.82, 2.24) is 4.98 Å². The van der Waals surface area contributed by atoms with Crippen LogP contribution in [0.25, 0.3) is 0 Å². The summed E-state index contributed by atoms with van der Waals surface area (Å²) in [6.45, 7) is 2.49. The van der Waals surface area contributed by atoms with Gasteiger partial charge in [0, 0.05) is 12.6 Å². The molecule has 1 N–H and O–H groups in total. The Bertz CT molecular complexity index is 469. The molecule has 0 spiro atoms. The van der Waals surface area contributed by atoms with E-state index in [9.17, 15) is 9.18 Å². The van der Waals surface area contributed by atoms with Crippen molar-refractivity contribution in [2.24, 2.45) is 5.92 Å². The minimum Gasteiger partial charge on any atom is -0.481 e. The molecule has 2 atom stereocenters. The topological polar surface area (TPSA) is 53.4 Å². The van der Waals surface area contributed by atoms with Crippen molar-refractivity contribution in [1.29, 1.82) is 0 Å². The predicted molar refractivity (Wildman–Crippen MR) is 66.4 cm³/mol. The van der Waals surface area contributed by atoms with Gasteiger partial charge < -0.3 is 10.0 Å². The van der Waals surface area contributed by atoms with Gasteiger partial charge in [0.1, 0.15) is 11.6 Å². The highest BCUT2D eigenvalue weighted by Crippen LogP contribution is 2.31. The van der Waals surface area contributed by atoms with Crippen molar-refractivity contribution in [2.75, 3.05) is 11.4 Å². The highest BCUT2D eigenvalue weighted by molar-refractivity contribution is 6.32. The molecule has 2 rings (SSSR count). The summed E-state index contributed by atoms with van der Waals surface area (Å²) in [6, 6.07) is 1.25. The second-order valence-corrected chi connectivity index (χ2v) is 4.97. The van der Waals surface area contributed by atoms with Crippen LogP contribution in [-0.4, -0.2) is 28.6 Å². The van der Waals surface area contributed by atoms with Gasteiger partial charge in [-0.25, -0.2) is 9.37 Å². The Morgan fingerprint density at radius 1 is 1.67 bits per heavy atom. The zero-order chi connectivity index (χ0) is 13.3. The van der Waals surface area contributed by atoms with E-state index in [1.165, 1.54) is 6.07 Å². The summed E-state index contributed by atoms with van der Waals surface area (Å²) in [5.74, 6) is -1.04. The molecule has 1 aromatic heterocycles. The summed E-state index contributed by atoms with van der Waals surface area (Å²) in [6.07, 6.45) is 2.22. The van der Waals surface area contributed by atoms with E-state index in [2.05, 4.69) is 4.98 Å². The van der Waals surface area contributed by atoms with Gasteiger partial charge in [-0.05, 0) is 25.8 Å². The minimum atomic E-state index is -0.764. The molecule has 0 bridgehead atoms. The molecule has 1 aliphatic heterocycles. The molecule has 0 aromatic carbocycles.